The Morgan fingerprint density at radius 2 is 1.59 bits per heavy atom. The summed E-state index contributed by atoms with van der Waals surface area (Å²) in [5.74, 6) is 0.971. The van der Waals surface area contributed by atoms with Crippen LogP contribution in [0.2, 0.25) is 0 Å². The van der Waals surface area contributed by atoms with Crippen LogP contribution in [0.3, 0.4) is 0 Å². The first-order valence-electron chi connectivity index (χ1n) is 11.4. The third-order valence-electron chi connectivity index (χ3n) is 6.35. The van der Waals surface area contributed by atoms with E-state index >= 15 is 0 Å². The van der Waals surface area contributed by atoms with Gasteiger partial charge in [-0.3, -0.25) is 9.80 Å². The van der Waals surface area contributed by atoms with Crippen molar-refractivity contribution in [3.05, 3.63) is 101 Å². The normalized spacial score (nSPS) is 17.6. The minimum absolute atomic E-state index is 0.354. The third-order valence-corrected chi connectivity index (χ3v) is 7.43. The molecule has 4 heteroatoms. The van der Waals surface area contributed by atoms with E-state index in [1.165, 1.54) is 26.8 Å². The molecule has 0 spiro atoms. The number of aryl methyl sites for hydroxylation is 1. The number of thiophene rings is 1. The monoisotopic (exact) mass is 442 g/mol. The van der Waals surface area contributed by atoms with E-state index in [0.717, 1.165) is 38.5 Å². The van der Waals surface area contributed by atoms with Gasteiger partial charge in [-0.25, -0.2) is 0 Å². The van der Waals surface area contributed by atoms with Gasteiger partial charge in [0.15, 0.2) is 0 Å². The van der Waals surface area contributed by atoms with Crippen LogP contribution in [0.5, 0.6) is 5.75 Å². The van der Waals surface area contributed by atoms with Crippen molar-refractivity contribution in [1.82, 2.24) is 9.80 Å². The molecule has 1 fully saturated rings. The lowest BCUT2D eigenvalue weighted by Crippen LogP contribution is -2.54. The Balaban J connectivity index is 1.30. The largest absolute Gasteiger partial charge is 0.492 e. The molecule has 0 N–H and O–H groups in total. The van der Waals surface area contributed by atoms with Crippen molar-refractivity contribution in [1.29, 1.82) is 0 Å². The molecule has 0 radical (unpaired) electrons. The molecule has 1 aliphatic heterocycles. The first kappa shape index (κ1) is 21.2. The topological polar surface area (TPSA) is 15.7 Å². The van der Waals surface area contributed by atoms with Gasteiger partial charge in [0.05, 0.1) is 6.04 Å². The van der Waals surface area contributed by atoms with Crippen LogP contribution in [0.1, 0.15) is 16.7 Å². The molecule has 164 valence electrons. The molecule has 0 saturated carbocycles. The van der Waals surface area contributed by atoms with Gasteiger partial charge in [0.25, 0.3) is 0 Å². The number of piperazine rings is 1. The summed E-state index contributed by atoms with van der Waals surface area (Å²) in [6, 6.07) is 28.4. The summed E-state index contributed by atoms with van der Waals surface area (Å²) >= 11 is 1.80. The van der Waals surface area contributed by atoms with Crippen molar-refractivity contribution in [2.45, 2.75) is 26.1 Å². The van der Waals surface area contributed by atoms with Crippen LogP contribution in [0.4, 0.5) is 0 Å². The molecular formula is C28H30N2OS. The Morgan fingerprint density at radius 1 is 0.875 bits per heavy atom. The van der Waals surface area contributed by atoms with Crippen LogP contribution in [-0.4, -0.2) is 42.1 Å². The quantitative estimate of drug-likeness (QED) is 0.350. The molecule has 1 aliphatic rings. The van der Waals surface area contributed by atoms with Gasteiger partial charge in [-0.15, -0.1) is 11.3 Å². The van der Waals surface area contributed by atoms with Crippen molar-refractivity contribution >= 4 is 21.4 Å². The number of hydrogen-bond acceptors (Lipinski definition) is 4. The first-order valence-corrected chi connectivity index (χ1v) is 12.3. The van der Waals surface area contributed by atoms with Crippen molar-refractivity contribution < 1.29 is 4.74 Å². The predicted molar refractivity (Wildman–Crippen MR) is 134 cm³/mol. The van der Waals surface area contributed by atoms with E-state index < -0.39 is 0 Å². The van der Waals surface area contributed by atoms with E-state index in [9.17, 15) is 0 Å². The Morgan fingerprint density at radius 3 is 2.34 bits per heavy atom. The van der Waals surface area contributed by atoms with Crippen LogP contribution in [0.25, 0.3) is 10.1 Å². The Bertz CT molecular complexity index is 1140. The summed E-state index contributed by atoms with van der Waals surface area (Å²) in [5.41, 5.74) is 4.07. The lowest BCUT2D eigenvalue weighted by atomic mass is 10.1. The highest BCUT2D eigenvalue weighted by atomic mass is 32.1. The van der Waals surface area contributed by atoms with Crippen LogP contribution < -0.4 is 4.74 Å². The third kappa shape index (κ3) is 5.04. The number of hydrogen-bond donors (Lipinski definition) is 0. The standard InChI is InChI=1S/C28H30N2OS/c1-22-21-32-28-13-12-26(16-27(22)28)31-20-25-19-29(17-23-8-4-2-5-9-23)14-15-30(25)18-24-10-6-3-7-11-24/h2-13,16,21,25H,14-15,17-20H2,1H3. The van der Waals surface area contributed by atoms with Crippen LogP contribution in [0.15, 0.2) is 84.2 Å². The zero-order valence-electron chi connectivity index (χ0n) is 18.6. The lowest BCUT2D eigenvalue weighted by Gasteiger charge is -2.41. The summed E-state index contributed by atoms with van der Waals surface area (Å²) in [6.07, 6.45) is 0. The number of benzene rings is 3. The number of nitrogens with zero attached hydrogens (tertiary/aromatic N) is 2. The van der Waals surface area contributed by atoms with E-state index in [-0.39, 0.29) is 0 Å². The predicted octanol–water partition coefficient (Wildman–Crippen LogP) is 5.98. The summed E-state index contributed by atoms with van der Waals surface area (Å²) in [5, 5.41) is 3.53. The molecule has 0 bridgehead atoms. The lowest BCUT2D eigenvalue weighted by molar-refractivity contribution is 0.0376. The van der Waals surface area contributed by atoms with Gasteiger partial charge in [0, 0.05) is 37.4 Å². The molecule has 1 aromatic heterocycles. The number of fused-ring (bicyclic) bond motifs is 1. The van der Waals surface area contributed by atoms with Gasteiger partial charge in [-0.05, 0) is 52.6 Å². The molecule has 1 saturated heterocycles. The van der Waals surface area contributed by atoms with E-state index in [1.54, 1.807) is 11.3 Å². The fourth-order valence-electron chi connectivity index (χ4n) is 4.54. The van der Waals surface area contributed by atoms with E-state index in [2.05, 4.69) is 101 Å². The molecule has 32 heavy (non-hydrogen) atoms. The van der Waals surface area contributed by atoms with Gasteiger partial charge in [-0.2, -0.15) is 0 Å². The molecular weight excluding hydrogens is 412 g/mol. The maximum absolute atomic E-state index is 6.38. The minimum atomic E-state index is 0.354. The molecule has 0 amide bonds. The Hall–Kier alpha value is -2.66. The highest BCUT2D eigenvalue weighted by molar-refractivity contribution is 7.17. The van der Waals surface area contributed by atoms with Crippen LogP contribution in [0, 0.1) is 6.92 Å². The van der Waals surface area contributed by atoms with E-state index in [1.807, 2.05) is 0 Å². The van der Waals surface area contributed by atoms with Gasteiger partial charge >= 0.3 is 0 Å². The molecule has 4 aromatic rings. The van der Waals surface area contributed by atoms with Gasteiger partial charge < -0.3 is 4.74 Å². The van der Waals surface area contributed by atoms with Crippen molar-refractivity contribution in [2.24, 2.45) is 0 Å². The second kappa shape index (κ2) is 9.86. The van der Waals surface area contributed by atoms with Crippen LogP contribution in [-0.2, 0) is 13.1 Å². The zero-order valence-corrected chi connectivity index (χ0v) is 19.4. The van der Waals surface area contributed by atoms with Crippen molar-refractivity contribution in [2.75, 3.05) is 26.2 Å². The molecule has 1 atom stereocenters. The number of rotatable bonds is 7. The second-order valence-corrected chi connectivity index (χ2v) is 9.63. The molecule has 3 nitrogen and oxygen atoms in total. The maximum Gasteiger partial charge on any atom is 0.120 e. The molecule has 5 rings (SSSR count). The fraction of sp³-hybridized carbons (Fsp3) is 0.286. The van der Waals surface area contributed by atoms with E-state index in [4.69, 9.17) is 4.74 Å². The van der Waals surface area contributed by atoms with Crippen LogP contribution >= 0.6 is 11.3 Å². The van der Waals surface area contributed by atoms with E-state index in [0.29, 0.717) is 12.6 Å². The minimum Gasteiger partial charge on any atom is -0.492 e. The second-order valence-electron chi connectivity index (χ2n) is 8.72. The van der Waals surface area contributed by atoms with Gasteiger partial charge in [-0.1, -0.05) is 60.7 Å². The smallest absolute Gasteiger partial charge is 0.120 e. The molecule has 3 aromatic carbocycles. The Kier molecular flexibility index (Phi) is 6.54. The molecule has 2 heterocycles. The highest BCUT2D eigenvalue weighted by Gasteiger charge is 2.27. The van der Waals surface area contributed by atoms with Gasteiger partial charge in [0.2, 0.25) is 0 Å². The summed E-state index contributed by atoms with van der Waals surface area (Å²) < 4.78 is 7.71. The SMILES string of the molecule is Cc1csc2ccc(OCC3CN(Cc4ccccc4)CCN3Cc3ccccc3)cc12. The van der Waals surface area contributed by atoms with Crippen molar-refractivity contribution in [3.63, 3.8) is 0 Å². The highest BCUT2D eigenvalue weighted by Crippen LogP contribution is 2.29. The average Bonchev–Trinajstić information content (AvgIpc) is 3.20. The zero-order chi connectivity index (χ0) is 21.8. The Labute approximate surface area is 194 Å². The first-order chi connectivity index (χ1) is 15.7. The maximum atomic E-state index is 6.38. The summed E-state index contributed by atoms with van der Waals surface area (Å²) in [6.45, 7) is 7.99. The summed E-state index contributed by atoms with van der Waals surface area (Å²) in [7, 11) is 0. The molecule has 1 unspecified atom stereocenters. The van der Waals surface area contributed by atoms with Gasteiger partial charge in [0.1, 0.15) is 12.4 Å². The number of ether oxygens (including phenoxy) is 1. The molecule has 0 aliphatic carbocycles. The summed E-state index contributed by atoms with van der Waals surface area (Å²) in [4.78, 5) is 5.16. The average molecular weight is 443 g/mol. The van der Waals surface area contributed by atoms with Crippen molar-refractivity contribution in [3.8, 4) is 5.75 Å². The fourth-order valence-corrected chi connectivity index (χ4v) is 5.47.